The van der Waals surface area contributed by atoms with Crippen molar-refractivity contribution in [2.75, 3.05) is 27.4 Å². The quantitative estimate of drug-likeness (QED) is 0.528. The Bertz CT molecular complexity index is 216. The number of ether oxygens (including phenoxy) is 2. The fourth-order valence-electron chi connectivity index (χ4n) is 0.129. The van der Waals surface area contributed by atoms with E-state index in [2.05, 4.69) is 0 Å². The van der Waals surface area contributed by atoms with Gasteiger partial charge in [0.25, 0.3) is 0 Å². The van der Waals surface area contributed by atoms with Crippen molar-refractivity contribution in [2.45, 2.75) is 91.6 Å². The summed E-state index contributed by atoms with van der Waals surface area (Å²) in [5.74, 6) is 0. The van der Waals surface area contributed by atoms with E-state index >= 15 is 0 Å². The van der Waals surface area contributed by atoms with Crippen molar-refractivity contribution in [3.8, 4) is 0 Å². The fourth-order valence-corrected chi connectivity index (χ4v) is 0.129. The van der Waals surface area contributed by atoms with Gasteiger partial charge in [-0.25, -0.2) is 0 Å². The fraction of sp³-hybridized carbons (Fsp3) is 1.00. The predicted octanol–water partition coefficient (Wildman–Crippen LogP) is 2.36. The molecule has 156 valence electrons. The van der Waals surface area contributed by atoms with E-state index in [4.69, 9.17) is 29.9 Å². The molecule has 0 fully saturated rings. The first kappa shape index (κ1) is 36.5. The van der Waals surface area contributed by atoms with Crippen LogP contribution in [0.3, 0.4) is 0 Å². The summed E-state index contributed by atoms with van der Waals surface area (Å²) in [7, 11) is 3.16. The van der Waals surface area contributed by atoms with Crippen molar-refractivity contribution in [1.82, 2.24) is 0 Å². The van der Waals surface area contributed by atoms with Gasteiger partial charge in [0.1, 0.15) is 0 Å². The van der Waals surface area contributed by atoms with Crippen LogP contribution in [0.1, 0.15) is 69.2 Å². The van der Waals surface area contributed by atoms with Crippen LogP contribution in [-0.4, -0.2) is 70.3 Å². The van der Waals surface area contributed by atoms with Crippen LogP contribution in [0.15, 0.2) is 0 Å². The second-order valence-corrected chi connectivity index (χ2v) is 8.59. The normalized spacial score (nSPS) is 11.5. The van der Waals surface area contributed by atoms with Crippen LogP contribution in [0.25, 0.3) is 0 Å². The second kappa shape index (κ2) is 16.8. The molecule has 6 nitrogen and oxygen atoms in total. The van der Waals surface area contributed by atoms with Gasteiger partial charge in [-0.3, -0.25) is 0 Å². The molecule has 7 heteroatoms. The van der Waals surface area contributed by atoms with Crippen LogP contribution in [0.2, 0.25) is 0 Å². The molecule has 0 aromatic carbocycles. The molecule has 0 heterocycles. The van der Waals surface area contributed by atoms with Crippen LogP contribution in [0.4, 0.5) is 0 Å². The van der Waals surface area contributed by atoms with Crippen molar-refractivity contribution in [1.29, 1.82) is 0 Å². The van der Waals surface area contributed by atoms with E-state index in [9.17, 15) is 0 Å². The summed E-state index contributed by atoms with van der Waals surface area (Å²) < 4.78 is 9.67. The predicted molar refractivity (Wildman–Crippen MR) is 100 cm³/mol. The number of rotatable bonds is 4. The molecule has 0 aliphatic carbocycles. The summed E-state index contributed by atoms with van der Waals surface area (Å²) in [6.45, 7) is 17.9. The smallest absolute Gasteiger partial charge is 0.0852 e. The first-order valence-corrected chi connectivity index (χ1v) is 8.01. The molecule has 0 saturated heterocycles. The summed E-state index contributed by atoms with van der Waals surface area (Å²) >= 11 is 0. The molecule has 0 aliphatic rings. The standard InChI is InChI=1S/2C5H12O2.2C4H10O.Zr/c2*1-5(2,4-6)7-3;2*1-4(2,3)5;/h2*6H,4H2,1-3H3;2*5H,1-3H3;. The minimum Gasteiger partial charge on any atom is -0.393 e. The third kappa shape index (κ3) is 79.0. The van der Waals surface area contributed by atoms with Gasteiger partial charge in [-0.2, -0.15) is 0 Å². The number of hydrogen-bond acceptors (Lipinski definition) is 6. The van der Waals surface area contributed by atoms with Crippen LogP contribution in [0, 0.1) is 0 Å². The maximum absolute atomic E-state index is 8.52. The molecule has 0 unspecified atom stereocenters. The van der Waals surface area contributed by atoms with Gasteiger partial charge in [0.2, 0.25) is 0 Å². The number of aliphatic hydroxyl groups is 4. The zero-order valence-corrected chi connectivity index (χ0v) is 21.0. The Kier molecular flexibility index (Phi) is 24.5. The first-order valence-electron chi connectivity index (χ1n) is 8.01. The maximum atomic E-state index is 8.52. The van der Waals surface area contributed by atoms with Gasteiger partial charge in [0, 0.05) is 40.4 Å². The Morgan fingerprint density at radius 3 is 0.680 bits per heavy atom. The molecule has 25 heavy (non-hydrogen) atoms. The van der Waals surface area contributed by atoms with Crippen LogP contribution >= 0.6 is 0 Å². The Morgan fingerprint density at radius 1 is 0.560 bits per heavy atom. The minimum absolute atomic E-state index is 0. The summed E-state index contributed by atoms with van der Waals surface area (Å²) in [6, 6.07) is 0. The van der Waals surface area contributed by atoms with Crippen LogP contribution in [-0.2, 0) is 35.7 Å². The Morgan fingerprint density at radius 2 is 0.680 bits per heavy atom. The van der Waals surface area contributed by atoms with Gasteiger partial charge in [0.05, 0.1) is 35.6 Å². The Hall–Kier alpha value is 0.643. The molecular weight excluding hydrogens is 403 g/mol. The molecule has 0 bridgehead atoms. The van der Waals surface area contributed by atoms with Gasteiger partial charge in [-0.1, -0.05) is 0 Å². The van der Waals surface area contributed by atoms with Crippen molar-refractivity contribution in [3.63, 3.8) is 0 Å². The van der Waals surface area contributed by atoms with E-state index in [0.717, 1.165) is 0 Å². The molecular formula is C18H44O6Zr. The number of methoxy groups -OCH3 is 2. The Balaban J connectivity index is -0.0000000711. The van der Waals surface area contributed by atoms with Gasteiger partial charge in [0.15, 0.2) is 0 Å². The van der Waals surface area contributed by atoms with Crippen molar-refractivity contribution < 1.29 is 56.1 Å². The van der Waals surface area contributed by atoms with Gasteiger partial charge >= 0.3 is 0 Å². The third-order valence-electron chi connectivity index (χ3n) is 1.87. The van der Waals surface area contributed by atoms with E-state index < -0.39 is 11.2 Å². The number of aliphatic hydroxyl groups excluding tert-OH is 2. The van der Waals surface area contributed by atoms with Crippen molar-refractivity contribution in [2.24, 2.45) is 0 Å². The third-order valence-corrected chi connectivity index (χ3v) is 1.87. The SMILES string of the molecule is CC(C)(C)O.CC(C)(C)O.COC(C)(C)CO.COC(C)(C)CO.[Zr]. The molecule has 0 aromatic heterocycles. The average Bonchev–Trinajstić information content (AvgIpc) is 2.35. The van der Waals surface area contributed by atoms with Gasteiger partial charge < -0.3 is 29.9 Å². The number of hydrogen-bond donors (Lipinski definition) is 4. The van der Waals surface area contributed by atoms with Crippen molar-refractivity contribution in [3.05, 3.63) is 0 Å². The monoisotopic (exact) mass is 446 g/mol. The molecule has 0 rings (SSSR count). The van der Waals surface area contributed by atoms with Gasteiger partial charge in [-0.05, 0) is 69.2 Å². The molecule has 0 saturated carbocycles. The summed E-state index contributed by atoms with van der Waals surface area (Å²) in [6.07, 6.45) is 0. The summed E-state index contributed by atoms with van der Waals surface area (Å²) in [5, 5.41) is 34.0. The molecule has 0 radical (unpaired) electrons. The zero-order chi connectivity index (χ0) is 20.8. The molecule has 0 aliphatic heterocycles. The molecule has 4 N–H and O–H groups in total. The molecule has 0 atom stereocenters. The topological polar surface area (TPSA) is 99.4 Å². The van der Waals surface area contributed by atoms with Crippen molar-refractivity contribution >= 4 is 0 Å². The van der Waals surface area contributed by atoms with E-state index in [1.807, 2.05) is 27.7 Å². The zero-order valence-electron chi connectivity index (χ0n) is 18.5. The van der Waals surface area contributed by atoms with Crippen LogP contribution < -0.4 is 0 Å². The Labute approximate surface area is 175 Å². The largest absolute Gasteiger partial charge is 0.393 e. The summed E-state index contributed by atoms with van der Waals surface area (Å²) in [5.41, 5.74) is -1.72. The molecule has 0 amide bonds. The van der Waals surface area contributed by atoms with E-state index in [-0.39, 0.29) is 50.6 Å². The van der Waals surface area contributed by atoms with Crippen LogP contribution in [0.5, 0.6) is 0 Å². The summed E-state index contributed by atoms with van der Waals surface area (Å²) in [4.78, 5) is 0. The maximum Gasteiger partial charge on any atom is 0.0852 e. The average molecular weight is 448 g/mol. The first-order chi connectivity index (χ1) is 10.2. The molecule has 0 aromatic rings. The minimum atomic E-state index is -0.500. The molecule has 0 spiro atoms. The second-order valence-electron chi connectivity index (χ2n) is 8.59. The van der Waals surface area contributed by atoms with Gasteiger partial charge in [-0.15, -0.1) is 0 Å². The van der Waals surface area contributed by atoms with E-state index in [0.29, 0.717) is 0 Å². The van der Waals surface area contributed by atoms with E-state index in [1.54, 1.807) is 55.8 Å². The van der Waals surface area contributed by atoms with E-state index in [1.165, 1.54) is 0 Å².